The third-order valence-electron chi connectivity index (χ3n) is 2.40. The molecule has 0 atom stereocenters. The lowest BCUT2D eigenvalue weighted by Crippen LogP contribution is -2.13. The molecule has 0 saturated carbocycles. The molecule has 0 aliphatic carbocycles. The molecule has 0 aromatic carbocycles. The second kappa shape index (κ2) is 7.58. The zero-order valence-corrected chi connectivity index (χ0v) is 10.9. The van der Waals surface area contributed by atoms with Gasteiger partial charge < -0.3 is 4.74 Å². The maximum Gasteiger partial charge on any atom is 0.306 e. The van der Waals surface area contributed by atoms with E-state index in [4.69, 9.17) is 4.74 Å². The van der Waals surface area contributed by atoms with Crippen LogP contribution >= 0.6 is 0 Å². The van der Waals surface area contributed by atoms with Crippen LogP contribution in [0.5, 0.6) is 0 Å². The fourth-order valence-electron chi connectivity index (χ4n) is 1.56. The maximum atomic E-state index is 11.7. The number of ether oxygens (including phenoxy) is 1. The van der Waals surface area contributed by atoms with E-state index in [0.29, 0.717) is 12.4 Å². The summed E-state index contributed by atoms with van der Waals surface area (Å²) in [7, 11) is 0. The van der Waals surface area contributed by atoms with Crippen LogP contribution in [0.3, 0.4) is 0 Å². The molecule has 0 radical (unpaired) electrons. The molecule has 1 aromatic rings. The molecule has 0 aliphatic heterocycles. The Kier molecular flexibility index (Phi) is 6.04. The number of hydrogen-bond donors (Lipinski definition) is 0. The van der Waals surface area contributed by atoms with Gasteiger partial charge in [0.05, 0.1) is 19.4 Å². The number of aryl methyl sites for hydroxylation is 1. The van der Waals surface area contributed by atoms with Crippen molar-refractivity contribution < 1.29 is 14.3 Å². The van der Waals surface area contributed by atoms with Crippen LogP contribution in [-0.2, 0) is 27.3 Å². The third-order valence-corrected chi connectivity index (χ3v) is 2.40. The van der Waals surface area contributed by atoms with E-state index in [2.05, 4.69) is 10.1 Å². The summed E-state index contributed by atoms with van der Waals surface area (Å²) in [4.78, 5) is 26.9. The Morgan fingerprint density at radius 3 is 2.78 bits per heavy atom. The van der Waals surface area contributed by atoms with Crippen molar-refractivity contribution in [3.05, 3.63) is 12.2 Å². The standard InChI is InChI=1S/C12H19N3O3/c1-3-7-15-11(13-9-14-15)8-10(16)5-6-12(17)18-4-2/h9H,3-8H2,1-2H3. The highest BCUT2D eigenvalue weighted by molar-refractivity contribution is 5.84. The molecular weight excluding hydrogens is 234 g/mol. The lowest BCUT2D eigenvalue weighted by molar-refractivity contribution is -0.144. The Morgan fingerprint density at radius 1 is 1.33 bits per heavy atom. The molecule has 0 spiro atoms. The average molecular weight is 253 g/mol. The third kappa shape index (κ3) is 4.65. The minimum Gasteiger partial charge on any atom is -0.466 e. The fraction of sp³-hybridized carbons (Fsp3) is 0.667. The summed E-state index contributed by atoms with van der Waals surface area (Å²) < 4.78 is 6.49. The zero-order valence-electron chi connectivity index (χ0n) is 10.9. The van der Waals surface area contributed by atoms with Gasteiger partial charge in [0, 0.05) is 13.0 Å². The highest BCUT2D eigenvalue weighted by atomic mass is 16.5. The van der Waals surface area contributed by atoms with E-state index in [0.717, 1.165) is 13.0 Å². The van der Waals surface area contributed by atoms with Gasteiger partial charge in [-0.15, -0.1) is 0 Å². The molecule has 6 nitrogen and oxygen atoms in total. The average Bonchev–Trinajstić information content (AvgIpc) is 2.75. The molecule has 0 aliphatic rings. The number of aromatic nitrogens is 3. The van der Waals surface area contributed by atoms with E-state index in [1.54, 1.807) is 11.6 Å². The van der Waals surface area contributed by atoms with Gasteiger partial charge >= 0.3 is 5.97 Å². The Labute approximate surface area is 106 Å². The van der Waals surface area contributed by atoms with Crippen molar-refractivity contribution in [3.63, 3.8) is 0 Å². The molecule has 6 heteroatoms. The Morgan fingerprint density at radius 2 is 2.11 bits per heavy atom. The van der Waals surface area contributed by atoms with E-state index in [9.17, 15) is 9.59 Å². The fourth-order valence-corrected chi connectivity index (χ4v) is 1.56. The summed E-state index contributed by atoms with van der Waals surface area (Å²) in [5, 5.41) is 4.05. The first-order valence-electron chi connectivity index (χ1n) is 6.21. The molecule has 0 unspecified atom stereocenters. The van der Waals surface area contributed by atoms with Crippen LogP contribution in [0.4, 0.5) is 0 Å². The van der Waals surface area contributed by atoms with Crippen LogP contribution in [0.15, 0.2) is 6.33 Å². The number of rotatable bonds is 8. The zero-order chi connectivity index (χ0) is 13.4. The SMILES string of the molecule is CCCn1ncnc1CC(=O)CCC(=O)OCC. The smallest absolute Gasteiger partial charge is 0.306 e. The summed E-state index contributed by atoms with van der Waals surface area (Å²) in [6.07, 6.45) is 2.93. The molecule has 0 amide bonds. The van der Waals surface area contributed by atoms with Crippen LogP contribution in [0.25, 0.3) is 0 Å². The van der Waals surface area contributed by atoms with Crippen molar-refractivity contribution in [1.82, 2.24) is 14.8 Å². The number of carbonyl (C=O) groups excluding carboxylic acids is 2. The first-order valence-corrected chi connectivity index (χ1v) is 6.21. The van der Waals surface area contributed by atoms with Gasteiger partial charge in [-0.3, -0.25) is 9.59 Å². The molecule has 1 aromatic heterocycles. The summed E-state index contributed by atoms with van der Waals surface area (Å²) in [5.74, 6) is 0.306. The lowest BCUT2D eigenvalue weighted by atomic mass is 10.1. The molecule has 0 N–H and O–H groups in total. The van der Waals surface area contributed by atoms with Crippen molar-refractivity contribution >= 4 is 11.8 Å². The minimum absolute atomic E-state index is 0.0200. The van der Waals surface area contributed by atoms with Crippen molar-refractivity contribution in [3.8, 4) is 0 Å². The van der Waals surface area contributed by atoms with Crippen molar-refractivity contribution in [2.75, 3.05) is 6.61 Å². The molecule has 0 fully saturated rings. The van der Waals surface area contributed by atoms with Crippen LogP contribution in [0.1, 0.15) is 38.9 Å². The number of hydrogen-bond acceptors (Lipinski definition) is 5. The molecule has 0 saturated heterocycles. The second-order valence-electron chi connectivity index (χ2n) is 3.92. The quantitative estimate of drug-likeness (QED) is 0.649. The molecule has 0 bridgehead atoms. The number of Topliss-reactive ketones (excluding diaryl/α,β-unsaturated/α-hetero) is 1. The molecule has 18 heavy (non-hydrogen) atoms. The summed E-state index contributed by atoms with van der Waals surface area (Å²) in [6, 6.07) is 0. The first kappa shape index (κ1) is 14.3. The lowest BCUT2D eigenvalue weighted by Gasteiger charge is -2.04. The van der Waals surface area contributed by atoms with Gasteiger partial charge in [0.15, 0.2) is 0 Å². The van der Waals surface area contributed by atoms with Gasteiger partial charge in [0.2, 0.25) is 0 Å². The topological polar surface area (TPSA) is 74.1 Å². The number of esters is 1. The van der Waals surface area contributed by atoms with E-state index >= 15 is 0 Å². The van der Waals surface area contributed by atoms with E-state index in [1.165, 1.54) is 6.33 Å². The summed E-state index contributed by atoms with van der Waals surface area (Å²) in [5.41, 5.74) is 0. The van der Waals surface area contributed by atoms with Crippen LogP contribution in [0, 0.1) is 0 Å². The normalized spacial score (nSPS) is 10.3. The van der Waals surface area contributed by atoms with Crippen molar-refractivity contribution in [1.29, 1.82) is 0 Å². The highest BCUT2D eigenvalue weighted by Gasteiger charge is 2.12. The number of ketones is 1. The largest absolute Gasteiger partial charge is 0.466 e. The Hall–Kier alpha value is -1.72. The number of nitrogens with zero attached hydrogens (tertiary/aromatic N) is 3. The molecule has 1 rings (SSSR count). The van der Waals surface area contributed by atoms with Crippen molar-refractivity contribution in [2.45, 2.75) is 46.1 Å². The first-order chi connectivity index (χ1) is 8.67. The molecule has 100 valence electrons. The van der Waals surface area contributed by atoms with Gasteiger partial charge in [-0.2, -0.15) is 5.10 Å². The monoisotopic (exact) mass is 253 g/mol. The summed E-state index contributed by atoms with van der Waals surface area (Å²) in [6.45, 7) is 4.87. The highest BCUT2D eigenvalue weighted by Crippen LogP contribution is 2.02. The Bertz CT molecular complexity index is 401. The predicted molar refractivity (Wildman–Crippen MR) is 64.9 cm³/mol. The van der Waals surface area contributed by atoms with E-state index < -0.39 is 0 Å². The number of carbonyl (C=O) groups is 2. The van der Waals surface area contributed by atoms with Gasteiger partial charge in [-0.05, 0) is 13.3 Å². The Balaban J connectivity index is 2.39. The molecule has 1 heterocycles. The summed E-state index contributed by atoms with van der Waals surface area (Å²) >= 11 is 0. The van der Waals surface area contributed by atoms with Gasteiger partial charge in [0.25, 0.3) is 0 Å². The van der Waals surface area contributed by atoms with Gasteiger partial charge in [-0.25, -0.2) is 9.67 Å². The van der Waals surface area contributed by atoms with E-state index in [-0.39, 0.29) is 31.0 Å². The predicted octanol–water partition coefficient (Wildman–Crippen LogP) is 1.14. The van der Waals surface area contributed by atoms with Crippen LogP contribution < -0.4 is 0 Å². The van der Waals surface area contributed by atoms with Crippen LogP contribution in [0.2, 0.25) is 0 Å². The molecular formula is C12H19N3O3. The maximum absolute atomic E-state index is 11.7. The minimum atomic E-state index is -0.333. The second-order valence-corrected chi connectivity index (χ2v) is 3.92. The van der Waals surface area contributed by atoms with Crippen molar-refractivity contribution in [2.24, 2.45) is 0 Å². The van der Waals surface area contributed by atoms with E-state index in [1.807, 2.05) is 6.92 Å². The van der Waals surface area contributed by atoms with Gasteiger partial charge in [0.1, 0.15) is 17.9 Å². The van der Waals surface area contributed by atoms with Gasteiger partial charge in [-0.1, -0.05) is 6.92 Å². The van der Waals surface area contributed by atoms with Crippen LogP contribution in [-0.4, -0.2) is 33.1 Å².